The fraction of sp³-hybridized carbons (Fsp3) is 0.250. The van der Waals surface area contributed by atoms with Crippen LogP contribution < -0.4 is 16.0 Å². The van der Waals surface area contributed by atoms with Gasteiger partial charge in [0.25, 0.3) is 5.91 Å². The second kappa shape index (κ2) is 4.89. The maximum absolute atomic E-state index is 11.4. The van der Waals surface area contributed by atoms with Crippen molar-refractivity contribution < 1.29 is 13.7 Å². The molecule has 0 fully saturated rings. The molecule has 0 radical (unpaired) electrons. The van der Waals surface area contributed by atoms with E-state index in [2.05, 4.69) is 20.8 Å². The Morgan fingerprint density at radius 1 is 1.33 bits per heavy atom. The standard InChI is InChI=1S/C8H11N5O2/c1-9-7(14)5-3-4-6(13-12-5)11-8(15)10-2/h3-4H,1-2H3,(H,9,14)(H2,10,11,13,15)/i1D3. The van der Waals surface area contributed by atoms with Gasteiger partial charge in [0.05, 0.1) is 0 Å². The molecular weight excluding hydrogens is 198 g/mol. The predicted molar refractivity (Wildman–Crippen MR) is 53.5 cm³/mol. The van der Waals surface area contributed by atoms with Crippen molar-refractivity contribution in [2.75, 3.05) is 19.3 Å². The monoisotopic (exact) mass is 212 g/mol. The number of nitrogens with one attached hydrogen (secondary N) is 3. The third-order valence-corrected chi connectivity index (χ3v) is 1.48. The fourth-order valence-electron chi connectivity index (χ4n) is 0.763. The van der Waals surface area contributed by atoms with Crippen LogP contribution in [0.25, 0.3) is 0 Å². The van der Waals surface area contributed by atoms with Gasteiger partial charge < -0.3 is 10.6 Å². The summed E-state index contributed by atoms with van der Waals surface area (Å²) in [7, 11) is 1.43. The van der Waals surface area contributed by atoms with E-state index < -0.39 is 18.9 Å². The van der Waals surface area contributed by atoms with Crippen molar-refractivity contribution in [2.24, 2.45) is 0 Å². The van der Waals surface area contributed by atoms with Crippen LogP contribution in [-0.2, 0) is 0 Å². The van der Waals surface area contributed by atoms with Crippen molar-refractivity contribution in [1.29, 1.82) is 0 Å². The van der Waals surface area contributed by atoms with E-state index in [9.17, 15) is 9.59 Å². The molecule has 80 valence electrons. The number of nitrogens with zero attached hydrogens (tertiary/aromatic N) is 2. The van der Waals surface area contributed by atoms with Crippen LogP contribution in [0.15, 0.2) is 12.1 Å². The summed E-state index contributed by atoms with van der Waals surface area (Å²) in [5.74, 6) is -0.728. The zero-order valence-electron chi connectivity index (χ0n) is 10.9. The van der Waals surface area contributed by atoms with E-state index in [1.54, 1.807) is 5.32 Å². The van der Waals surface area contributed by atoms with E-state index in [1.165, 1.54) is 19.2 Å². The van der Waals surface area contributed by atoms with Gasteiger partial charge in [-0.1, -0.05) is 0 Å². The summed E-state index contributed by atoms with van der Waals surface area (Å²) < 4.78 is 20.6. The molecule has 1 heterocycles. The predicted octanol–water partition coefficient (Wildman–Crippen LogP) is -0.413. The van der Waals surface area contributed by atoms with Crippen LogP contribution in [0.2, 0.25) is 0 Å². The maximum Gasteiger partial charge on any atom is 0.320 e. The largest absolute Gasteiger partial charge is 0.354 e. The summed E-state index contributed by atoms with van der Waals surface area (Å²) >= 11 is 0. The first-order valence-corrected chi connectivity index (χ1v) is 3.97. The Labute approximate surface area is 90.5 Å². The minimum atomic E-state index is -2.59. The highest BCUT2D eigenvalue weighted by molar-refractivity contribution is 5.92. The summed E-state index contributed by atoms with van der Waals surface area (Å²) in [6, 6.07) is 2.10. The van der Waals surface area contributed by atoms with Crippen LogP contribution in [0.5, 0.6) is 0 Å². The Bertz CT molecular complexity index is 445. The van der Waals surface area contributed by atoms with Gasteiger partial charge in [0.15, 0.2) is 11.5 Å². The van der Waals surface area contributed by atoms with E-state index in [4.69, 9.17) is 4.11 Å². The molecule has 0 aliphatic carbocycles. The molecule has 0 saturated carbocycles. The lowest BCUT2D eigenvalue weighted by molar-refractivity contribution is 0.0957. The van der Waals surface area contributed by atoms with Crippen molar-refractivity contribution in [1.82, 2.24) is 20.8 Å². The molecule has 0 aromatic carbocycles. The van der Waals surface area contributed by atoms with Crippen LogP contribution in [0.3, 0.4) is 0 Å². The highest BCUT2D eigenvalue weighted by atomic mass is 16.2. The number of urea groups is 1. The Morgan fingerprint density at radius 2 is 2.13 bits per heavy atom. The van der Waals surface area contributed by atoms with Crippen LogP contribution in [0.4, 0.5) is 10.6 Å². The third-order valence-electron chi connectivity index (χ3n) is 1.48. The molecule has 1 aromatic rings. The van der Waals surface area contributed by atoms with E-state index in [-0.39, 0.29) is 11.5 Å². The average molecular weight is 212 g/mol. The lowest BCUT2D eigenvalue weighted by Crippen LogP contribution is -2.25. The Hall–Kier alpha value is -2.18. The highest BCUT2D eigenvalue weighted by Gasteiger charge is 2.06. The van der Waals surface area contributed by atoms with Gasteiger partial charge in [-0.2, -0.15) is 0 Å². The molecule has 0 bridgehead atoms. The van der Waals surface area contributed by atoms with Crippen molar-refractivity contribution in [3.05, 3.63) is 17.8 Å². The number of amides is 3. The lowest BCUT2D eigenvalue weighted by Gasteiger charge is -2.02. The zero-order valence-corrected chi connectivity index (χ0v) is 7.87. The van der Waals surface area contributed by atoms with E-state index >= 15 is 0 Å². The first-order chi connectivity index (χ1) is 8.31. The summed E-state index contributed by atoms with van der Waals surface area (Å²) in [5, 5.41) is 13.5. The second-order valence-corrected chi connectivity index (χ2v) is 2.46. The molecule has 0 unspecified atom stereocenters. The van der Waals surface area contributed by atoms with Gasteiger partial charge in [-0.3, -0.25) is 10.1 Å². The Morgan fingerprint density at radius 3 is 2.67 bits per heavy atom. The minimum Gasteiger partial charge on any atom is -0.354 e. The first kappa shape index (κ1) is 7.16. The molecule has 0 spiro atoms. The smallest absolute Gasteiger partial charge is 0.320 e. The SMILES string of the molecule is [2H]C([2H])([2H])NC(=O)c1ccc(NC(=O)NC)nn1. The fourth-order valence-corrected chi connectivity index (χ4v) is 0.763. The van der Waals surface area contributed by atoms with Crippen molar-refractivity contribution in [2.45, 2.75) is 0 Å². The van der Waals surface area contributed by atoms with Crippen molar-refractivity contribution >= 4 is 17.8 Å². The molecule has 1 rings (SSSR count). The lowest BCUT2D eigenvalue weighted by atomic mass is 10.3. The molecular formula is C8H11N5O2. The molecule has 0 atom stereocenters. The number of hydrogen-bond acceptors (Lipinski definition) is 4. The van der Waals surface area contributed by atoms with Gasteiger partial charge in [0, 0.05) is 18.1 Å². The molecule has 7 heteroatoms. The van der Waals surface area contributed by atoms with Crippen molar-refractivity contribution in [3.63, 3.8) is 0 Å². The summed E-state index contributed by atoms with van der Waals surface area (Å²) in [6.07, 6.45) is 0. The van der Waals surface area contributed by atoms with Gasteiger partial charge in [-0.25, -0.2) is 4.79 Å². The maximum atomic E-state index is 11.4. The quantitative estimate of drug-likeness (QED) is 0.620. The number of hydrogen-bond donors (Lipinski definition) is 3. The zero-order chi connectivity index (χ0) is 13.8. The van der Waals surface area contributed by atoms with Gasteiger partial charge in [0.2, 0.25) is 0 Å². The van der Waals surface area contributed by atoms with Crippen LogP contribution >= 0.6 is 0 Å². The molecule has 1 aromatic heterocycles. The number of carbonyl (C=O) groups is 2. The minimum absolute atomic E-state index is 0.139. The van der Waals surface area contributed by atoms with Crippen LogP contribution in [-0.4, -0.2) is 36.2 Å². The highest BCUT2D eigenvalue weighted by Crippen LogP contribution is 2.01. The van der Waals surface area contributed by atoms with Gasteiger partial charge in [-0.15, -0.1) is 10.2 Å². The topological polar surface area (TPSA) is 96.0 Å². The molecule has 7 nitrogen and oxygen atoms in total. The Kier molecular flexibility index (Phi) is 2.33. The summed E-state index contributed by atoms with van der Waals surface area (Å²) in [6.45, 7) is -2.59. The van der Waals surface area contributed by atoms with Gasteiger partial charge >= 0.3 is 6.03 Å². The third kappa shape index (κ3) is 2.90. The normalized spacial score (nSPS) is 13.0. The second-order valence-electron chi connectivity index (χ2n) is 2.46. The molecule has 15 heavy (non-hydrogen) atoms. The molecule has 3 amide bonds. The average Bonchev–Trinajstić information content (AvgIpc) is 2.27. The number of rotatable bonds is 2. The van der Waals surface area contributed by atoms with E-state index in [0.29, 0.717) is 0 Å². The van der Waals surface area contributed by atoms with E-state index in [0.717, 1.165) is 0 Å². The molecule has 3 N–H and O–H groups in total. The van der Waals surface area contributed by atoms with Crippen LogP contribution in [0.1, 0.15) is 14.6 Å². The number of aromatic nitrogens is 2. The van der Waals surface area contributed by atoms with Crippen LogP contribution in [0, 0.1) is 0 Å². The van der Waals surface area contributed by atoms with Crippen molar-refractivity contribution in [3.8, 4) is 0 Å². The molecule has 0 aliphatic rings. The molecule has 0 aliphatic heterocycles. The molecule has 0 saturated heterocycles. The number of carbonyl (C=O) groups excluding carboxylic acids is 2. The summed E-state index contributed by atoms with van der Waals surface area (Å²) in [4.78, 5) is 22.3. The first-order valence-electron chi connectivity index (χ1n) is 5.47. The van der Waals surface area contributed by atoms with E-state index in [1.807, 2.05) is 0 Å². The van der Waals surface area contributed by atoms with Gasteiger partial charge in [0.1, 0.15) is 0 Å². The van der Waals surface area contributed by atoms with Gasteiger partial charge in [-0.05, 0) is 12.1 Å². The Balaban J connectivity index is 2.71. The number of anilines is 1. The summed E-state index contributed by atoms with van der Waals surface area (Å²) in [5.41, 5.74) is -0.159.